The van der Waals surface area contributed by atoms with E-state index in [1.807, 2.05) is 6.07 Å². The first-order valence-electron chi connectivity index (χ1n) is 8.73. The van der Waals surface area contributed by atoms with Crippen molar-refractivity contribution in [2.45, 2.75) is 19.3 Å². The zero-order valence-corrected chi connectivity index (χ0v) is 16.6. The van der Waals surface area contributed by atoms with E-state index in [2.05, 4.69) is 30.9 Å². The molecule has 0 fully saturated rings. The normalized spacial score (nSPS) is 17.3. The molecule has 2 N–H and O–H groups in total. The second kappa shape index (κ2) is 6.39. The average molecular weight is 442 g/mol. The molecule has 0 radical (unpaired) electrons. The molecule has 5 rings (SSSR count). The molecule has 0 aromatic carbocycles. The number of anilines is 1. The minimum atomic E-state index is -0.272. The first kappa shape index (κ1) is 17.3. The Labute approximate surface area is 168 Å². The van der Waals surface area contributed by atoms with Crippen LogP contribution < -0.4 is 10.5 Å². The van der Waals surface area contributed by atoms with Crippen molar-refractivity contribution < 1.29 is 14.3 Å². The van der Waals surface area contributed by atoms with Crippen molar-refractivity contribution in [2.75, 3.05) is 19.4 Å². The molecular weight excluding hydrogens is 426 g/mol. The molecule has 5 heterocycles. The van der Waals surface area contributed by atoms with E-state index < -0.39 is 0 Å². The number of aromatic nitrogens is 3. The van der Waals surface area contributed by atoms with Crippen LogP contribution in [0.25, 0.3) is 10.9 Å². The van der Waals surface area contributed by atoms with Crippen LogP contribution in [0.3, 0.4) is 0 Å². The molecule has 0 saturated heterocycles. The Morgan fingerprint density at radius 3 is 2.93 bits per heavy atom. The Bertz CT molecular complexity index is 1140. The lowest BCUT2D eigenvalue weighted by atomic mass is 10.1. The lowest BCUT2D eigenvalue weighted by molar-refractivity contribution is 0.0700. The number of carbonyl (C=O) groups excluding carboxylic acids is 1. The summed E-state index contributed by atoms with van der Waals surface area (Å²) < 4.78 is 12.0. The first-order valence-corrected chi connectivity index (χ1v) is 9.52. The number of carbonyl (C=O) groups is 1. The molecule has 9 heteroatoms. The molecule has 2 aliphatic heterocycles. The quantitative estimate of drug-likeness (QED) is 0.651. The largest absolute Gasteiger partial charge is 0.489 e. The number of ether oxygens (including phenoxy) is 2. The lowest BCUT2D eigenvalue weighted by Gasteiger charge is -2.22. The Hall–Kier alpha value is -2.78. The third-order valence-corrected chi connectivity index (χ3v) is 5.62. The van der Waals surface area contributed by atoms with Gasteiger partial charge in [-0.2, -0.15) is 0 Å². The van der Waals surface area contributed by atoms with Gasteiger partial charge in [-0.25, -0.2) is 9.97 Å². The number of fused-ring (bicyclic) bond motifs is 4. The molecule has 1 amide bonds. The van der Waals surface area contributed by atoms with Crippen LogP contribution in [0.2, 0.25) is 0 Å². The highest BCUT2D eigenvalue weighted by atomic mass is 79.9. The number of nitrogens with two attached hydrogens (primary N) is 1. The summed E-state index contributed by atoms with van der Waals surface area (Å²) in [6.07, 6.45) is 3.28. The summed E-state index contributed by atoms with van der Waals surface area (Å²) in [6.45, 7) is 1.25. The van der Waals surface area contributed by atoms with Gasteiger partial charge >= 0.3 is 0 Å². The maximum atomic E-state index is 13.1. The Balaban J connectivity index is 1.51. The number of likely N-dealkylation sites (N-methyl/N-ethyl adjacent to an activating group) is 1. The smallest absolute Gasteiger partial charge is 0.272 e. The zero-order chi connectivity index (χ0) is 19.4. The molecule has 0 bridgehead atoms. The van der Waals surface area contributed by atoms with Gasteiger partial charge in [0.05, 0.1) is 24.9 Å². The molecule has 0 spiro atoms. The van der Waals surface area contributed by atoms with E-state index in [4.69, 9.17) is 15.2 Å². The number of nitrogens with zero attached hydrogens (tertiary/aromatic N) is 4. The van der Waals surface area contributed by atoms with Gasteiger partial charge in [-0.05, 0) is 33.6 Å². The number of rotatable bonds is 2. The van der Waals surface area contributed by atoms with Gasteiger partial charge in [0.2, 0.25) is 0 Å². The van der Waals surface area contributed by atoms with Gasteiger partial charge in [-0.1, -0.05) is 0 Å². The van der Waals surface area contributed by atoms with Crippen LogP contribution in [0.15, 0.2) is 29.0 Å². The number of halogens is 1. The standard InChI is InChI=1S/C19H16BrN5O3/c1-25(15-8-28-16-2-9(20)4-23-17(15)16)19(26)13-3-10-11-6-27-7-12(11)18(21)24-14(10)5-22-13/h2-5,15H,6-8H2,1H3,(H2,21,24)/t15-/m0/s1. The van der Waals surface area contributed by atoms with Crippen molar-refractivity contribution in [3.8, 4) is 5.75 Å². The van der Waals surface area contributed by atoms with Crippen molar-refractivity contribution in [1.29, 1.82) is 0 Å². The van der Waals surface area contributed by atoms with Crippen LogP contribution >= 0.6 is 15.9 Å². The molecule has 0 saturated carbocycles. The predicted molar refractivity (Wildman–Crippen MR) is 105 cm³/mol. The zero-order valence-electron chi connectivity index (χ0n) is 15.0. The molecule has 3 aromatic heterocycles. The topological polar surface area (TPSA) is 103 Å². The molecule has 142 valence electrons. The van der Waals surface area contributed by atoms with E-state index >= 15 is 0 Å². The highest BCUT2D eigenvalue weighted by molar-refractivity contribution is 9.10. The van der Waals surface area contributed by atoms with Gasteiger partial charge in [-0.15, -0.1) is 0 Å². The fourth-order valence-corrected chi connectivity index (χ4v) is 3.96. The van der Waals surface area contributed by atoms with Crippen LogP contribution in [0, 0.1) is 0 Å². The maximum Gasteiger partial charge on any atom is 0.272 e. The van der Waals surface area contributed by atoms with E-state index in [1.54, 1.807) is 30.4 Å². The van der Waals surface area contributed by atoms with Gasteiger partial charge < -0.3 is 20.1 Å². The second-order valence-electron chi connectivity index (χ2n) is 6.81. The fraction of sp³-hybridized carbons (Fsp3) is 0.263. The summed E-state index contributed by atoms with van der Waals surface area (Å²) in [5, 5.41) is 0.846. The summed E-state index contributed by atoms with van der Waals surface area (Å²) in [5.41, 5.74) is 9.59. The van der Waals surface area contributed by atoms with Crippen molar-refractivity contribution in [1.82, 2.24) is 19.9 Å². The minimum Gasteiger partial charge on any atom is -0.489 e. The van der Waals surface area contributed by atoms with Crippen molar-refractivity contribution >= 4 is 38.6 Å². The Kier molecular flexibility index (Phi) is 3.95. The summed E-state index contributed by atoms with van der Waals surface area (Å²) in [4.78, 5) is 27.8. The highest BCUT2D eigenvalue weighted by Gasteiger charge is 2.33. The maximum absolute atomic E-state index is 13.1. The molecule has 8 nitrogen and oxygen atoms in total. The fourth-order valence-electron chi connectivity index (χ4n) is 3.65. The number of nitrogen functional groups attached to an aromatic ring is 1. The van der Waals surface area contributed by atoms with Gasteiger partial charge in [0.25, 0.3) is 5.91 Å². The molecule has 28 heavy (non-hydrogen) atoms. The number of hydrogen-bond acceptors (Lipinski definition) is 7. The molecule has 1 atom stereocenters. The van der Waals surface area contributed by atoms with Gasteiger partial charge in [-0.3, -0.25) is 9.78 Å². The van der Waals surface area contributed by atoms with E-state index in [1.165, 1.54) is 0 Å². The lowest BCUT2D eigenvalue weighted by Crippen LogP contribution is -2.33. The van der Waals surface area contributed by atoms with Gasteiger partial charge in [0.1, 0.15) is 35.6 Å². The molecular formula is C19H16BrN5O3. The molecule has 0 aliphatic carbocycles. The summed E-state index contributed by atoms with van der Waals surface area (Å²) in [6, 6.07) is 3.35. The molecule has 2 aliphatic rings. The summed E-state index contributed by atoms with van der Waals surface area (Å²) >= 11 is 3.38. The molecule has 3 aromatic rings. The highest BCUT2D eigenvalue weighted by Crippen LogP contribution is 2.36. The van der Waals surface area contributed by atoms with Crippen LogP contribution in [-0.4, -0.2) is 39.4 Å². The van der Waals surface area contributed by atoms with Gasteiger partial charge in [0, 0.05) is 28.7 Å². The molecule has 0 unspecified atom stereocenters. The summed E-state index contributed by atoms with van der Waals surface area (Å²) in [7, 11) is 1.73. The van der Waals surface area contributed by atoms with Crippen LogP contribution in [0.4, 0.5) is 5.82 Å². The van der Waals surface area contributed by atoms with Gasteiger partial charge in [0.15, 0.2) is 0 Å². The van der Waals surface area contributed by atoms with Crippen LogP contribution in [0.1, 0.15) is 33.4 Å². The first-order chi connectivity index (χ1) is 13.5. The number of amides is 1. The number of pyridine rings is 3. The van der Waals surface area contributed by atoms with Crippen LogP contribution in [0.5, 0.6) is 5.75 Å². The SMILES string of the molecule is CN(C(=O)c1cc2c3c(c(N)nc2cn1)COC3)[C@H]1COc2cc(Br)cnc21. The monoisotopic (exact) mass is 441 g/mol. The second-order valence-corrected chi connectivity index (χ2v) is 7.73. The third kappa shape index (κ3) is 2.61. The van der Waals surface area contributed by atoms with E-state index in [0.29, 0.717) is 42.6 Å². The van der Waals surface area contributed by atoms with Crippen molar-refractivity contribution in [2.24, 2.45) is 0 Å². The number of hydrogen-bond donors (Lipinski definition) is 1. The van der Waals surface area contributed by atoms with Crippen molar-refractivity contribution in [3.05, 3.63) is 51.5 Å². The minimum absolute atomic E-state index is 0.211. The van der Waals surface area contributed by atoms with E-state index in [9.17, 15) is 4.79 Å². The average Bonchev–Trinajstić information content (AvgIpc) is 3.34. The van der Waals surface area contributed by atoms with Crippen LogP contribution in [-0.2, 0) is 18.0 Å². The van der Waals surface area contributed by atoms with Crippen molar-refractivity contribution in [3.63, 3.8) is 0 Å². The Morgan fingerprint density at radius 1 is 1.25 bits per heavy atom. The Morgan fingerprint density at radius 2 is 2.07 bits per heavy atom. The predicted octanol–water partition coefficient (Wildman–Crippen LogP) is 2.61. The van der Waals surface area contributed by atoms with E-state index in [0.717, 1.165) is 26.7 Å². The summed E-state index contributed by atoms with van der Waals surface area (Å²) in [5.74, 6) is 0.924. The van der Waals surface area contributed by atoms with E-state index in [-0.39, 0.29) is 11.9 Å². The third-order valence-electron chi connectivity index (χ3n) is 5.18.